The van der Waals surface area contributed by atoms with Crippen LogP contribution in [0.15, 0.2) is 36.9 Å². The maximum absolute atomic E-state index is 11.1. The van der Waals surface area contributed by atoms with Gasteiger partial charge in [-0.15, -0.1) is 0 Å². The number of benzene rings is 1. The molecule has 0 bridgehead atoms. The number of hydrogen-bond donors (Lipinski definition) is 0. The average molecular weight is 290 g/mol. The van der Waals surface area contributed by atoms with Gasteiger partial charge < -0.3 is 9.47 Å². The van der Waals surface area contributed by atoms with Gasteiger partial charge in [-0.05, 0) is 35.8 Å². The van der Waals surface area contributed by atoms with Gasteiger partial charge in [0.15, 0.2) is 0 Å². The van der Waals surface area contributed by atoms with Crippen LogP contribution in [-0.2, 0) is 21.3 Å². The summed E-state index contributed by atoms with van der Waals surface area (Å²) in [6.45, 7) is 10.7. The summed E-state index contributed by atoms with van der Waals surface area (Å²) in [4.78, 5) is 11.1. The molecular weight excluding hydrogens is 264 g/mol. The fourth-order valence-corrected chi connectivity index (χ4v) is 1.93. The zero-order chi connectivity index (χ0) is 15.7. The zero-order valence-electron chi connectivity index (χ0n) is 13.4. The van der Waals surface area contributed by atoms with Gasteiger partial charge in [-0.1, -0.05) is 57.7 Å². The van der Waals surface area contributed by atoms with Crippen LogP contribution in [-0.4, -0.2) is 19.4 Å². The first-order chi connectivity index (χ1) is 9.99. The molecule has 0 aliphatic carbocycles. The highest BCUT2D eigenvalue weighted by molar-refractivity contribution is 5.59. The molecule has 3 heteroatoms. The molecule has 1 aromatic carbocycles. The Morgan fingerprint density at radius 2 is 1.90 bits per heavy atom. The van der Waals surface area contributed by atoms with E-state index in [0.717, 1.165) is 19.3 Å². The van der Waals surface area contributed by atoms with Gasteiger partial charge in [-0.3, -0.25) is 0 Å². The fraction of sp³-hybridized carbons (Fsp3) is 0.500. The van der Waals surface area contributed by atoms with Crippen LogP contribution in [0.3, 0.4) is 0 Å². The van der Waals surface area contributed by atoms with Gasteiger partial charge in [0.1, 0.15) is 6.61 Å². The van der Waals surface area contributed by atoms with Crippen molar-refractivity contribution in [3.63, 3.8) is 0 Å². The lowest BCUT2D eigenvalue weighted by molar-refractivity contribution is 0.0625. The number of hydrogen-bond acceptors (Lipinski definition) is 3. The molecular formula is C18H26O3. The Bertz CT molecular complexity index is 446. The quantitative estimate of drug-likeness (QED) is 0.397. The number of carbonyl (C=O) groups excluding carboxylic acids is 1. The fourth-order valence-electron chi connectivity index (χ4n) is 1.93. The normalized spacial score (nSPS) is 11.0. The van der Waals surface area contributed by atoms with E-state index in [1.165, 1.54) is 17.2 Å². The third kappa shape index (κ3) is 6.03. The molecule has 0 aliphatic heterocycles. The molecule has 0 unspecified atom stereocenters. The van der Waals surface area contributed by atoms with Crippen molar-refractivity contribution in [1.82, 2.24) is 0 Å². The van der Waals surface area contributed by atoms with Crippen LogP contribution >= 0.6 is 0 Å². The number of rotatable bonds is 8. The van der Waals surface area contributed by atoms with Crippen molar-refractivity contribution in [2.45, 2.75) is 45.4 Å². The topological polar surface area (TPSA) is 35.5 Å². The van der Waals surface area contributed by atoms with Gasteiger partial charge in [-0.2, -0.15) is 0 Å². The van der Waals surface area contributed by atoms with E-state index in [1.807, 2.05) is 0 Å². The Morgan fingerprint density at radius 1 is 1.24 bits per heavy atom. The van der Waals surface area contributed by atoms with Crippen LogP contribution in [0, 0.1) is 0 Å². The summed E-state index contributed by atoms with van der Waals surface area (Å²) in [5.41, 5.74) is 2.84. The van der Waals surface area contributed by atoms with Gasteiger partial charge in [0, 0.05) is 0 Å². The van der Waals surface area contributed by atoms with E-state index < -0.39 is 6.16 Å². The molecule has 0 amide bonds. The molecule has 0 radical (unpaired) electrons. The number of carbonyl (C=O) groups is 1. The zero-order valence-corrected chi connectivity index (χ0v) is 13.4. The van der Waals surface area contributed by atoms with Crippen LogP contribution in [0.5, 0.6) is 0 Å². The number of ether oxygens (including phenoxy) is 2. The second-order valence-corrected chi connectivity index (χ2v) is 5.74. The highest BCUT2D eigenvalue weighted by atomic mass is 16.7. The Labute approximate surface area is 128 Å². The molecule has 0 spiro atoms. The third-order valence-electron chi connectivity index (χ3n) is 3.77. The third-order valence-corrected chi connectivity index (χ3v) is 3.77. The van der Waals surface area contributed by atoms with Gasteiger partial charge in [0.25, 0.3) is 0 Å². The van der Waals surface area contributed by atoms with Crippen LogP contribution in [0.25, 0.3) is 0 Å². The van der Waals surface area contributed by atoms with Gasteiger partial charge in [-0.25, -0.2) is 4.79 Å². The van der Waals surface area contributed by atoms with E-state index in [4.69, 9.17) is 9.47 Å². The smallest absolute Gasteiger partial charge is 0.434 e. The first-order valence-corrected chi connectivity index (χ1v) is 7.49. The van der Waals surface area contributed by atoms with E-state index in [9.17, 15) is 4.79 Å². The molecule has 0 fully saturated rings. The molecule has 0 N–H and O–H groups in total. The van der Waals surface area contributed by atoms with Gasteiger partial charge >= 0.3 is 6.16 Å². The Hall–Kier alpha value is -1.77. The highest BCUT2D eigenvalue weighted by Crippen LogP contribution is 2.26. The summed E-state index contributed by atoms with van der Waals surface area (Å²) in [5.74, 6) is 0. The van der Waals surface area contributed by atoms with Crippen molar-refractivity contribution in [2.24, 2.45) is 0 Å². The molecule has 21 heavy (non-hydrogen) atoms. The minimum Gasteiger partial charge on any atom is -0.434 e. The predicted octanol–water partition coefficient (Wildman–Crippen LogP) is 4.65. The predicted molar refractivity (Wildman–Crippen MR) is 85.6 cm³/mol. The standard InChI is InChI=1S/C18H26O3/c1-5-13-20-17(19)21-14-7-8-15-9-11-16(12-10-15)18(3,4)6-2/h5,9-12H,1,6-8,13-14H2,2-4H3. The lowest BCUT2D eigenvalue weighted by atomic mass is 9.82. The van der Waals surface area contributed by atoms with Crippen molar-refractivity contribution < 1.29 is 14.3 Å². The van der Waals surface area contributed by atoms with E-state index >= 15 is 0 Å². The highest BCUT2D eigenvalue weighted by Gasteiger charge is 2.17. The molecule has 0 saturated heterocycles. The van der Waals surface area contributed by atoms with Gasteiger partial charge in [0.05, 0.1) is 6.61 Å². The molecule has 116 valence electrons. The van der Waals surface area contributed by atoms with Crippen molar-refractivity contribution in [1.29, 1.82) is 0 Å². The summed E-state index contributed by atoms with van der Waals surface area (Å²) in [7, 11) is 0. The second-order valence-electron chi connectivity index (χ2n) is 5.74. The summed E-state index contributed by atoms with van der Waals surface area (Å²) in [6.07, 6.45) is 3.68. The minimum atomic E-state index is -0.630. The number of aryl methyl sites for hydroxylation is 1. The van der Waals surface area contributed by atoms with E-state index in [0.29, 0.717) is 6.61 Å². The van der Waals surface area contributed by atoms with Crippen molar-refractivity contribution >= 4 is 6.16 Å². The Morgan fingerprint density at radius 3 is 2.48 bits per heavy atom. The van der Waals surface area contributed by atoms with Crippen molar-refractivity contribution in [2.75, 3.05) is 13.2 Å². The van der Waals surface area contributed by atoms with Crippen molar-refractivity contribution in [3.05, 3.63) is 48.0 Å². The molecule has 0 aliphatic rings. The lowest BCUT2D eigenvalue weighted by Crippen LogP contribution is -2.15. The minimum absolute atomic E-state index is 0.188. The summed E-state index contributed by atoms with van der Waals surface area (Å²) < 4.78 is 9.68. The molecule has 3 nitrogen and oxygen atoms in total. The summed E-state index contributed by atoms with van der Waals surface area (Å²) >= 11 is 0. The van der Waals surface area contributed by atoms with E-state index in [1.54, 1.807) is 0 Å². The second kappa shape index (κ2) is 8.50. The van der Waals surface area contributed by atoms with Crippen LogP contribution in [0.2, 0.25) is 0 Å². The lowest BCUT2D eigenvalue weighted by Gasteiger charge is -2.23. The Kier molecular flexibility index (Phi) is 7.00. The van der Waals surface area contributed by atoms with Crippen LogP contribution in [0.4, 0.5) is 4.79 Å². The van der Waals surface area contributed by atoms with E-state index in [-0.39, 0.29) is 12.0 Å². The molecule has 1 rings (SSSR count). The maximum Gasteiger partial charge on any atom is 0.508 e. The summed E-state index contributed by atoms with van der Waals surface area (Å²) in [6, 6.07) is 8.70. The SMILES string of the molecule is C=CCOC(=O)OCCCc1ccc(C(C)(C)CC)cc1. The monoisotopic (exact) mass is 290 g/mol. The van der Waals surface area contributed by atoms with Crippen molar-refractivity contribution in [3.8, 4) is 0 Å². The Balaban J connectivity index is 2.33. The molecule has 0 saturated carbocycles. The van der Waals surface area contributed by atoms with Gasteiger partial charge in [0.2, 0.25) is 0 Å². The molecule has 0 aromatic heterocycles. The first kappa shape index (κ1) is 17.3. The largest absolute Gasteiger partial charge is 0.508 e. The summed E-state index contributed by atoms with van der Waals surface area (Å²) in [5, 5.41) is 0. The maximum atomic E-state index is 11.1. The first-order valence-electron chi connectivity index (χ1n) is 7.49. The average Bonchev–Trinajstić information content (AvgIpc) is 2.50. The molecule has 0 atom stereocenters. The molecule has 1 aromatic rings. The van der Waals surface area contributed by atoms with E-state index in [2.05, 4.69) is 51.6 Å². The van der Waals surface area contributed by atoms with Crippen LogP contribution in [0.1, 0.15) is 44.7 Å². The van der Waals surface area contributed by atoms with Crippen LogP contribution < -0.4 is 0 Å². The molecule has 0 heterocycles.